The van der Waals surface area contributed by atoms with Crippen LogP contribution in [0.2, 0.25) is 0 Å². The molecule has 0 saturated carbocycles. The van der Waals surface area contributed by atoms with Gasteiger partial charge in [-0.15, -0.1) is 21.5 Å². The molecule has 0 aliphatic rings. The molecule has 2 N–H and O–H groups in total. The van der Waals surface area contributed by atoms with Crippen molar-refractivity contribution < 1.29 is 0 Å². The zero-order valence-corrected chi connectivity index (χ0v) is 13.0. The summed E-state index contributed by atoms with van der Waals surface area (Å²) in [5.41, 5.74) is 0.672. The second kappa shape index (κ2) is 5.90. The van der Waals surface area contributed by atoms with Gasteiger partial charge in [-0.3, -0.25) is 4.79 Å². The Morgan fingerprint density at radius 2 is 2.35 bits per heavy atom. The van der Waals surface area contributed by atoms with Crippen LogP contribution in [-0.4, -0.2) is 26.7 Å². The Morgan fingerprint density at radius 3 is 3.20 bits per heavy atom. The fraction of sp³-hybridized carbons (Fsp3) is 0.273. The highest BCUT2D eigenvalue weighted by Gasteiger charge is 2.08. The van der Waals surface area contributed by atoms with Gasteiger partial charge in [0, 0.05) is 6.54 Å². The van der Waals surface area contributed by atoms with Gasteiger partial charge in [0.25, 0.3) is 5.56 Å². The first-order valence-electron chi connectivity index (χ1n) is 5.93. The number of aromatic nitrogens is 4. The monoisotopic (exact) mass is 325 g/mol. The fourth-order valence-corrected chi connectivity index (χ4v) is 4.03. The SMILES string of the molecule is CCNc1nnc(SCc2nc3ccsc3c(=O)[nH]2)s1. The predicted octanol–water partition coefficient (Wildman–Crippen LogP) is 2.56. The molecule has 0 aromatic carbocycles. The summed E-state index contributed by atoms with van der Waals surface area (Å²) in [6, 6.07) is 1.86. The largest absolute Gasteiger partial charge is 0.360 e. The Bertz CT molecular complexity index is 778. The van der Waals surface area contributed by atoms with Crippen LogP contribution in [0.3, 0.4) is 0 Å². The van der Waals surface area contributed by atoms with E-state index >= 15 is 0 Å². The van der Waals surface area contributed by atoms with E-state index in [2.05, 4.69) is 25.5 Å². The second-order valence-electron chi connectivity index (χ2n) is 3.84. The number of rotatable bonds is 5. The number of thioether (sulfide) groups is 1. The summed E-state index contributed by atoms with van der Waals surface area (Å²) in [4.78, 5) is 19.1. The Kier molecular flexibility index (Phi) is 3.99. The zero-order valence-electron chi connectivity index (χ0n) is 10.5. The highest BCUT2D eigenvalue weighted by Crippen LogP contribution is 2.27. The van der Waals surface area contributed by atoms with Crippen LogP contribution in [0, 0.1) is 0 Å². The predicted molar refractivity (Wildman–Crippen MR) is 83.9 cm³/mol. The first-order valence-corrected chi connectivity index (χ1v) is 8.61. The molecule has 0 aliphatic carbocycles. The lowest BCUT2D eigenvalue weighted by molar-refractivity contribution is 0.995. The van der Waals surface area contributed by atoms with Gasteiger partial charge in [-0.1, -0.05) is 23.1 Å². The fourth-order valence-electron chi connectivity index (χ4n) is 1.61. The molecule has 0 spiro atoms. The van der Waals surface area contributed by atoms with E-state index in [0.717, 1.165) is 21.5 Å². The van der Waals surface area contributed by atoms with E-state index in [1.807, 2.05) is 18.4 Å². The van der Waals surface area contributed by atoms with E-state index in [1.165, 1.54) is 34.4 Å². The first-order chi connectivity index (χ1) is 9.76. The van der Waals surface area contributed by atoms with Crippen LogP contribution in [0.5, 0.6) is 0 Å². The quantitative estimate of drug-likeness (QED) is 0.702. The molecule has 3 heterocycles. The van der Waals surface area contributed by atoms with Gasteiger partial charge in [0.15, 0.2) is 4.34 Å². The molecule has 3 rings (SSSR count). The molecule has 0 radical (unpaired) electrons. The molecule has 20 heavy (non-hydrogen) atoms. The Balaban J connectivity index is 1.74. The summed E-state index contributed by atoms with van der Waals surface area (Å²) < 4.78 is 1.53. The molecule has 0 amide bonds. The van der Waals surface area contributed by atoms with Gasteiger partial charge in [-0.25, -0.2) is 4.98 Å². The van der Waals surface area contributed by atoms with Crippen molar-refractivity contribution in [2.24, 2.45) is 0 Å². The van der Waals surface area contributed by atoms with E-state index in [9.17, 15) is 4.79 Å². The van der Waals surface area contributed by atoms with Crippen molar-refractivity contribution in [1.29, 1.82) is 0 Å². The number of nitrogens with one attached hydrogen (secondary N) is 2. The lowest BCUT2D eigenvalue weighted by atomic mass is 10.4. The van der Waals surface area contributed by atoms with Crippen LogP contribution in [0.15, 0.2) is 20.6 Å². The zero-order chi connectivity index (χ0) is 13.9. The lowest BCUT2D eigenvalue weighted by Gasteiger charge is -1.98. The molecular formula is C11H11N5OS3. The molecule has 0 atom stereocenters. The van der Waals surface area contributed by atoms with Crippen molar-refractivity contribution in [1.82, 2.24) is 20.2 Å². The third-order valence-electron chi connectivity index (χ3n) is 2.43. The van der Waals surface area contributed by atoms with Crippen LogP contribution < -0.4 is 10.9 Å². The maximum atomic E-state index is 11.8. The normalized spacial score (nSPS) is 11.1. The summed E-state index contributed by atoms with van der Waals surface area (Å²) in [7, 11) is 0. The third-order valence-corrected chi connectivity index (χ3v) is 5.36. The summed E-state index contributed by atoms with van der Waals surface area (Å²) in [6.07, 6.45) is 0. The maximum Gasteiger partial charge on any atom is 0.268 e. The van der Waals surface area contributed by atoms with Crippen LogP contribution in [0.4, 0.5) is 5.13 Å². The number of nitrogens with zero attached hydrogens (tertiary/aromatic N) is 3. The summed E-state index contributed by atoms with van der Waals surface area (Å²) >= 11 is 4.42. The summed E-state index contributed by atoms with van der Waals surface area (Å²) in [6.45, 7) is 2.84. The third kappa shape index (κ3) is 2.84. The Hall–Kier alpha value is -1.45. The molecule has 9 heteroatoms. The van der Waals surface area contributed by atoms with Crippen molar-refractivity contribution >= 4 is 49.8 Å². The second-order valence-corrected chi connectivity index (χ2v) is 6.96. The minimum Gasteiger partial charge on any atom is -0.360 e. The average molecular weight is 325 g/mol. The average Bonchev–Trinajstić information content (AvgIpc) is 3.06. The van der Waals surface area contributed by atoms with Crippen molar-refractivity contribution in [3.8, 4) is 0 Å². The highest BCUT2D eigenvalue weighted by atomic mass is 32.2. The number of aromatic amines is 1. The van der Waals surface area contributed by atoms with Crippen LogP contribution in [0.1, 0.15) is 12.7 Å². The molecule has 0 saturated heterocycles. The minimum absolute atomic E-state index is 0.0776. The van der Waals surface area contributed by atoms with Gasteiger partial charge in [-0.2, -0.15) is 0 Å². The van der Waals surface area contributed by atoms with Crippen molar-refractivity contribution in [3.05, 3.63) is 27.6 Å². The molecule has 0 bridgehead atoms. The van der Waals surface area contributed by atoms with Crippen molar-refractivity contribution in [3.63, 3.8) is 0 Å². The van der Waals surface area contributed by atoms with Crippen molar-refractivity contribution in [2.45, 2.75) is 17.0 Å². The van der Waals surface area contributed by atoms with Gasteiger partial charge in [-0.05, 0) is 18.4 Å². The van der Waals surface area contributed by atoms with Gasteiger partial charge in [0.2, 0.25) is 5.13 Å². The van der Waals surface area contributed by atoms with E-state index < -0.39 is 0 Å². The van der Waals surface area contributed by atoms with Crippen LogP contribution >= 0.6 is 34.4 Å². The first kappa shape index (κ1) is 13.5. The topological polar surface area (TPSA) is 83.6 Å². The van der Waals surface area contributed by atoms with E-state index in [1.54, 1.807) is 0 Å². The summed E-state index contributed by atoms with van der Waals surface area (Å²) in [5, 5.41) is 13.9. The summed E-state index contributed by atoms with van der Waals surface area (Å²) in [5.74, 6) is 1.23. The Morgan fingerprint density at radius 1 is 1.45 bits per heavy atom. The Labute approximate surface area is 126 Å². The molecular weight excluding hydrogens is 314 g/mol. The number of H-pyrrole nitrogens is 1. The molecule has 0 unspecified atom stereocenters. The lowest BCUT2D eigenvalue weighted by Crippen LogP contribution is -2.09. The number of hydrogen-bond acceptors (Lipinski definition) is 8. The standard InChI is InChI=1S/C11H11N5OS3/c1-2-12-10-15-16-11(20-10)19-5-7-13-6-3-4-18-8(6)9(17)14-7/h3-4H,2,5H2,1H3,(H,12,15)(H,13,14,17). The molecule has 0 aliphatic heterocycles. The number of fused-ring (bicyclic) bond motifs is 1. The van der Waals surface area contributed by atoms with Gasteiger partial charge >= 0.3 is 0 Å². The molecule has 3 aromatic rings. The van der Waals surface area contributed by atoms with Gasteiger partial charge in [0.05, 0.1) is 11.3 Å². The van der Waals surface area contributed by atoms with E-state index in [0.29, 0.717) is 16.3 Å². The van der Waals surface area contributed by atoms with E-state index in [4.69, 9.17) is 0 Å². The van der Waals surface area contributed by atoms with Crippen LogP contribution in [-0.2, 0) is 5.75 Å². The van der Waals surface area contributed by atoms with Gasteiger partial charge in [0.1, 0.15) is 10.5 Å². The van der Waals surface area contributed by atoms with Gasteiger partial charge < -0.3 is 10.3 Å². The molecule has 104 valence electrons. The molecule has 3 aromatic heterocycles. The maximum absolute atomic E-state index is 11.8. The molecule has 0 fully saturated rings. The molecule has 6 nitrogen and oxygen atoms in total. The highest BCUT2D eigenvalue weighted by molar-refractivity contribution is 8.00. The number of anilines is 1. The van der Waals surface area contributed by atoms with E-state index in [-0.39, 0.29) is 5.56 Å². The number of thiophene rings is 1. The smallest absolute Gasteiger partial charge is 0.268 e. The van der Waals surface area contributed by atoms with Crippen molar-refractivity contribution in [2.75, 3.05) is 11.9 Å². The van der Waals surface area contributed by atoms with Crippen LogP contribution in [0.25, 0.3) is 10.2 Å². The number of hydrogen-bond donors (Lipinski definition) is 2. The minimum atomic E-state index is -0.0776.